The van der Waals surface area contributed by atoms with Crippen LogP contribution >= 0.6 is 11.3 Å². The lowest BCUT2D eigenvalue weighted by atomic mass is 9.96. The molecule has 3 N–H and O–H groups in total. The van der Waals surface area contributed by atoms with Crippen molar-refractivity contribution in [1.82, 2.24) is 20.2 Å². The van der Waals surface area contributed by atoms with Crippen LogP contribution < -0.4 is 15.8 Å². The van der Waals surface area contributed by atoms with Crippen LogP contribution in [-0.2, 0) is 6.54 Å². The minimum Gasteiger partial charge on any atom is -0.476 e. The second-order valence-electron chi connectivity index (χ2n) is 9.68. The van der Waals surface area contributed by atoms with Crippen LogP contribution in [0.2, 0.25) is 0 Å². The molecule has 37 heavy (non-hydrogen) atoms. The molecule has 2 aromatic heterocycles. The third-order valence-electron chi connectivity index (χ3n) is 6.81. The van der Waals surface area contributed by atoms with E-state index < -0.39 is 0 Å². The summed E-state index contributed by atoms with van der Waals surface area (Å²) in [6.07, 6.45) is 5.96. The Balaban J connectivity index is 1.10. The first-order valence-electron chi connectivity index (χ1n) is 12.5. The largest absolute Gasteiger partial charge is 0.476 e. The van der Waals surface area contributed by atoms with Gasteiger partial charge in [0.2, 0.25) is 5.88 Å². The second kappa shape index (κ2) is 11.2. The molecule has 0 radical (unpaired) electrons. The fraction of sp³-hybridized carbons (Fsp3) is 0.407. The summed E-state index contributed by atoms with van der Waals surface area (Å²) in [7, 11) is 0. The first kappa shape index (κ1) is 25.1. The Morgan fingerprint density at radius 3 is 2.76 bits per heavy atom. The van der Waals surface area contributed by atoms with Gasteiger partial charge in [-0.25, -0.2) is 14.4 Å². The summed E-state index contributed by atoms with van der Waals surface area (Å²) in [5.74, 6) is 0.404. The molecule has 2 aliphatic rings. The van der Waals surface area contributed by atoms with E-state index in [0.717, 1.165) is 50.2 Å². The molecule has 5 rings (SSSR count). The van der Waals surface area contributed by atoms with Crippen molar-refractivity contribution in [2.45, 2.75) is 32.2 Å². The summed E-state index contributed by atoms with van der Waals surface area (Å²) in [5, 5.41) is 13.1. The zero-order valence-corrected chi connectivity index (χ0v) is 21.3. The van der Waals surface area contributed by atoms with Crippen molar-refractivity contribution in [3.05, 3.63) is 58.5 Å². The summed E-state index contributed by atoms with van der Waals surface area (Å²) in [6, 6.07) is 10.2. The van der Waals surface area contributed by atoms with Gasteiger partial charge >= 0.3 is 0 Å². The van der Waals surface area contributed by atoms with Crippen LogP contribution in [0.15, 0.2) is 36.5 Å². The Morgan fingerprint density at radius 1 is 1.24 bits per heavy atom. The number of carbonyl (C=O) groups excluding carboxylic acids is 1. The van der Waals surface area contributed by atoms with Gasteiger partial charge in [0.25, 0.3) is 5.91 Å². The Kier molecular flexibility index (Phi) is 7.63. The molecule has 0 bridgehead atoms. The van der Waals surface area contributed by atoms with Crippen LogP contribution in [0.25, 0.3) is 10.6 Å². The number of ether oxygens (including phenoxy) is 1. The molecule has 8 nitrogen and oxygen atoms in total. The van der Waals surface area contributed by atoms with Gasteiger partial charge in [0.15, 0.2) is 0 Å². The number of nitrogens with zero attached hydrogens (tertiary/aromatic N) is 4. The highest BCUT2D eigenvalue weighted by Gasteiger charge is 2.25. The number of piperidine rings is 1. The van der Waals surface area contributed by atoms with Crippen molar-refractivity contribution in [1.29, 1.82) is 5.26 Å². The summed E-state index contributed by atoms with van der Waals surface area (Å²) >= 11 is 1.52. The molecule has 1 aromatic carbocycles. The molecular weight excluding hydrogens is 491 g/mol. The molecule has 0 atom stereocenters. The average Bonchev–Trinajstić information content (AvgIpc) is 3.63. The number of benzene rings is 1. The lowest BCUT2D eigenvalue weighted by molar-refractivity contribution is 0.0929. The maximum atomic E-state index is 14.1. The van der Waals surface area contributed by atoms with Crippen molar-refractivity contribution in [3.63, 3.8) is 0 Å². The normalized spacial score (nSPS) is 16.3. The second-order valence-corrected chi connectivity index (χ2v) is 10.8. The van der Waals surface area contributed by atoms with E-state index in [9.17, 15) is 14.4 Å². The Labute approximate surface area is 219 Å². The van der Waals surface area contributed by atoms with Crippen molar-refractivity contribution >= 4 is 22.9 Å². The van der Waals surface area contributed by atoms with Crippen LogP contribution in [-0.4, -0.2) is 47.0 Å². The van der Waals surface area contributed by atoms with Gasteiger partial charge in [-0.15, -0.1) is 11.3 Å². The van der Waals surface area contributed by atoms with Crippen molar-refractivity contribution < 1.29 is 13.9 Å². The smallest absolute Gasteiger partial charge is 0.270 e. The number of carbonyl (C=O) groups is 1. The van der Waals surface area contributed by atoms with Crippen molar-refractivity contribution in [2.75, 3.05) is 32.0 Å². The molecule has 1 amide bonds. The number of nitrogens with two attached hydrogens (primary N) is 1. The minimum absolute atomic E-state index is 0.133. The number of pyridine rings is 1. The number of nitriles is 1. The zero-order valence-electron chi connectivity index (χ0n) is 20.5. The fourth-order valence-electron chi connectivity index (χ4n) is 4.39. The van der Waals surface area contributed by atoms with Crippen LogP contribution in [0.4, 0.5) is 10.1 Å². The highest BCUT2D eigenvalue weighted by Crippen LogP contribution is 2.31. The highest BCUT2D eigenvalue weighted by molar-refractivity contribution is 7.15. The Bertz CT molecular complexity index is 1310. The third kappa shape index (κ3) is 6.24. The molecule has 1 aliphatic carbocycles. The minimum atomic E-state index is -0.319. The van der Waals surface area contributed by atoms with E-state index in [4.69, 9.17) is 10.5 Å². The average molecular weight is 521 g/mol. The number of likely N-dealkylation sites (tertiary alicyclic amines) is 1. The van der Waals surface area contributed by atoms with Gasteiger partial charge in [0.1, 0.15) is 28.2 Å². The van der Waals surface area contributed by atoms with Gasteiger partial charge in [-0.3, -0.25) is 9.69 Å². The molecule has 1 saturated carbocycles. The molecule has 1 aliphatic heterocycles. The molecule has 2 fully saturated rings. The molecule has 0 unspecified atom stereocenters. The van der Waals surface area contributed by atoms with Crippen LogP contribution in [0.1, 0.15) is 46.6 Å². The molecule has 10 heteroatoms. The number of nitrogen functional groups attached to an aromatic ring is 1. The summed E-state index contributed by atoms with van der Waals surface area (Å²) in [4.78, 5) is 24.9. The SMILES string of the molecule is N#Cc1c(N)cc(C(=O)NCC2CCN(Cc3cnc(-c4ccccc4F)s3)CC2)nc1OCC1CC1. The number of aromatic nitrogens is 2. The zero-order chi connectivity index (χ0) is 25.8. The van der Waals surface area contributed by atoms with Crippen molar-refractivity contribution in [2.24, 2.45) is 11.8 Å². The molecule has 1 saturated heterocycles. The van der Waals surface area contributed by atoms with E-state index in [0.29, 0.717) is 35.6 Å². The first-order chi connectivity index (χ1) is 18.0. The summed E-state index contributed by atoms with van der Waals surface area (Å²) in [6.45, 7) is 3.63. The molecule has 0 spiro atoms. The van der Waals surface area contributed by atoms with Gasteiger partial charge in [0.05, 0.1) is 12.3 Å². The standard InChI is InChI=1S/C27H29FN6O2S/c28-22-4-2-1-3-20(22)27-32-14-19(37-27)15-34-9-7-17(8-10-34)13-31-25(35)24-11-23(30)21(12-29)26(33-24)36-16-18-5-6-18/h1-4,11,14,17-18H,5-10,13,15-16H2,(H2,30,33)(H,31,35). The van der Waals surface area contributed by atoms with E-state index in [-0.39, 0.29) is 34.5 Å². The molecular formula is C27H29FN6O2S. The highest BCUT2D eigenvalue weighted by atomic mass is 32.1. The maximum absolute atomic E-state index is 14.1. The van der Waals surface area contributed by atoms with E-state index in [1.54, 1.807) is 12.1 Å². The topological polar surface area (TPSA) is 117 Å². The third-order valence-corrected chi connectivity index (χ3v) is 7.82. The van der Waals surface area contributed by atoms with Gasteiger partial charge in [-0.2, -0.15) is 5.26 Å². The Hall–Kier alpha value is -3.55. The molecule has 192 valence electrons. The lowest BCUT2D eigenvalue weighted by Gasteiger charge is -2.31. The number of hydrogen-bond donors (Lipinski definition) is 2. The molecule has 3 aromatic rings. The van der Waals surface area contributed by atoms with Crippen LogP contribution in [0.5, 0.6) is 5.88 Å². The number of hydrogen-bond acceptors (Lipinski definition) is 8. The van der Waals surface area contributed by atoms with Crippen LogP contribution in [0, 0.1) is 29.0 Å². The number of amides is 1. The van der Waals surface area contributed by atoms with Gasteiger partial charge in [-0.1, -0.05) is 12.1 Å². The fourth-order valence-corrected chi connectivity index (χ4v) is 5.37. The van der Waals surface area contributed by atoms with Crippen LogP contribution in [0.3, 0.4) is 0 Å². The first-order valence-corrected chi connectivity index (χ1v) is 13.4. The van der Waals surface area contributed by atoms with Gasteiger partial charge in [-0.05, 0) is 68.8 Å². The van der Waals surface area contributed by atoms with Gasteiger partial charge < -0.3 is 15.8 Å². The summed E-state index contributed by atoms with van der Waals surface area (Å²) in [5.41, 5.74) is 7.07. The number of anilines is 1. The number of halogens is 1. The monoisotopic (exact) mass is 520 g/mol. The van der Waals surface area contributed by atoms with E-state index >= 15 is 0 Å². The van der Waals surface area contributed by atoms with E-state index in [2.05, 4.69) is 20.2 Å². The summed E-state index contributed by atoms with van der Waals surface area (Å²) < 4.78 is 19.8. The predicted molar refractivity (Wildman–Crippen MR) is 139 cm³/mol. The maximum Gasteiger partial charge on any atom is 0.270 e. The number of thiazole rings is 1. The van der Waals surface area contributed by atoms with Gasteiger partial charge in [0, 0.05) is 29.7 Å². The predicted octanol–water partition coefficient (Wildman–Crippen LogP) is 4.23. The van der Waals surface area contributed by atoms with E-state index in [1.165, 1.54) is 23.5 Å². The Morgan fingerprint density at radius 2 is 2.03 bits per heavy atom. The quantitative estimate of drug-likeness (QED) is 0.434. The number of nitrogens with one attached hydrogen (secondary N) is 1. The van der Waals surface area contributed by atoms with Crippen molar-refractivity contribution in [3.8, 4) is 22.5 Å². The van der Waals surface area contributed by atoms with E-state index in [1.807, 2.05) is 18.3 Å². The molecule has 3 heterocycles. The number of rotatable bonds is 9. The lowest BCUT2D eigenvalue weighted by Crippen LogP contribution is -2.38.